The van der Waals surface area contributed by atoms with E-state index in [1.54, 1.807) is 18.2 Å². The molecular formula is C28H27NO4. The third-order valence-electron chi connectivity index (χ3n) is 5.79. The van der Waals surface area contributed by atoms with Gasteiger partial charge in [-0.15, -0.1) is 0 Å². The van der Waals surface area contributed by atoms with Gasteiger partial charge in [-0.1, -0.05) is 36.4 Å². The van der Waals surface area contributed by atoms with Gasteiger partial charge < -0.3 is 9.84 Å². The van der Waals surface area contributed by atoms with E-state index in [0.717, 1.165) is 22.3 Å². The van der Waals surface area contributed by atoms with Crippen molar-refractivity contribution >= 4 is 23.1 Å². The van der Waals surface area contributed by atoms with E-state index in [1.807, 2.05) is 76.2 Å². The number of nitrogens with zero attached hydrogens (tertiary/aromatic N) is 1. The third kappa shape index (κ3) is 4.14. The van der Waals surface area contributed by atoms with E-state index >= 15 is 0 Å². The van der Waals surface area contributed by atoms with Crippen LogP contribution in [-0.2, 0) is 9.59 Å². The van der Waals surface area contributed by atoms with Crippen molar-refractivity contribution in [1.29, 1.82) is 0 Å². The number of benzene rings is 3. The highest BCUT2D eigenvalue weighted by Crippen LogP contribution is 2.42. The molecule has 1 atom stereocenters. The number of Topliss-reactive ketones (excluding diaryl/α,β-unsaturated/α-hetero) is 1. The number of carbonyl (C=O) groups excluding carboxylic acids is 2. The molecule has 4 rings (SSSR count). The number of ether oxygens (including phenoxy) is 1. The molecule has 33 heavy (non-hydrogen) atoms. The van der Waals surface area contributed by atoms with Gasteiger partial charge in [0.1, 0.15) is 11.5 Å². The van der Waals surface area contributed by atoms with Crippen LogP contribution < -0.4 is 9.64 Å². The zero-order valence-electron chi connectivity index (χ0n) is 19.3. The number of hydrogen-bond acceptors (Lipinski definition) is 4. The number of carbonyl (C=O) groups is 2. The number of aliphatic hydroxyl groups is 1. The molecule has 1 amide bonds. The Balaban J connectivity index is 1.92. The molecule has 1 fully saturated rings. The molecule has 0 aromatic heterocycles. The van der Waals surface area contributed by atoms with Gasteiger partial charge >= 0.3 is 0 Å². The normalized spacial score (nSPS) is 17.5. The lowest BCUT2D eigenvalue weighted by Gasteiger charge is -2.26. The van der Waals surface area contributed by atoms with Crippen LogP contribution in [0.25, 0.3) is 5.76 Å². The topological polar surface area (TPSA) is 66.8 Å². The van der Waals surface area contributed by atoms with Gasteiger partial charge in [-0.25, -0.2) is 0 Å². The van der Waals surface area contributed by atoms with Gasteiger partial charge in [0.05, 0.1) is 18.2 Å². The maximum Gasteiger partial charge on any atom is 0.300 e. The molecule has 1 aliphatic rings. The lowest BCUT2D eigenvalue weighted by atomic mass is 9.94. The first-order chi connectivity index (χ1) is 15.8. The number of hydrogen-bond donors (Lipinski definition) is 1. The predicted octanol–water partition coefficient (Wildman–Crippen LogP) is 5.64. The van der Waals surface area contributed by atoms with E-state index in [4.69, 9.17) is 4.74 Å². The molecule has 3 aromatic rings. The Labute approximate surface area is 193 Å². The molecule has 0 radical (unpaired) electrons. The van der Waals surface area contributed by atoms with Crippen molar-refractivity contribution in [2.24, 2.45) is 0 Å². The van der Waals surface area contributed by atoms with E-state index in [-0.39, 0.29) is 11.3 Å². The zero-order valence-corrected chi connectivity index (χ0v) is 19.3. The second kappa shape index (κ2) is 8.94. The fourth-order valence-corrected chi connectivity index (χ4v) is 4.41. The van der Waals surface area contributed by atoms with Crippen molar-refractivity contribution in [3.05, 3.63) is 100 Å². The average Bonchev–Trinajstić information content (AvgIpc) is 3.05. The minimum Gasteiger partial charge on any atom is -0.507 e. The Morgan fingerprint density at radius 1 is 0.939 bits per heavy atom. The smallest absolute Gasteiger partial charge is 0.300 e. The summed E-state index contributed by atoms with van der Waals surface area (Å²) in [6.07, 6.45) is 0. The first-order valence-corrected chi connectivity index (χ1v) is 11.0. The third-order valence-corrected chi connectivity index (χ3v) is 5.79. The lowest BCUT2D eigenvalue weighted by molar-refractivity contribution is -0.132. The van der Waals surface area contributed by atoms with Gasteiger partial charge in [-0.3, -0.25) is 14.5 Å². The average molecular weight is 442 g/mol. The van der Waals surface area contributed by atoms with E-state index in [2.05, 4.69) is 0 Å². The molecule has 3 aromatic carbocycles. The lowest BCUT2D eigenvalue weighted by Crippen LogP contribution is -2.29. The number of anilines is 1. The van der Waals surface area contributed by atoms with E-state index in [1.165, 1.54) is 4.90 Å². The summed E-state index contributed by atoms with van der Waals surface area (Å²) in [7, 11) is 0. The number of amides is 1. The van der Waals surface area contributed by atoms with Gasteiger partial charge in [0.15, 0.2) is 0 Å². The van der Waals surface area contributed by atoms with Gasteiger partial charge in [0, 0.05) is 11.3 Å². The fourth-order valence-electron chi connectivity index (χ4n) is 4.41. The summed E-state index contributed by atoms with van der Waals surface area (Å²) in [6.45, 7) is 8.22. The minimum absolute atomic E-state index is 0.0777. The zero-order chi connectivity index (χ0) is 23.7. The molecule has 1 aliphatic heterocycles. The standard InChI is InChI=1S/C28H27NO4/c1-5-33-23-12-11-21(16-19(23)4)26(30)24-25(20-9-7-6-8-10-20)29(28(32)27(24)31)22-14-17(2)13-18(3)15-22/h6-16,25,30H,5H2,1-4H3/b26-24-. The Hall–Kier alpha value is -3.86. The Bertz CT molecular complexity index is 1240. The monoisotopic (exact) mass is 441 g/mol. The summed E-state index contributed by atoms with van der Waals surface area (Å²) in [6, 6.07) is 19.6. The van der Waals surface area contributed by atoms with Gasteiger partial charge in [0.2, 0.25) is 0 Å². The summed E-state index contributed by atoms with van der Waals surface area (Å²) >= 11 is 0. The van der Waals surface area contributed by atoms with Gasteiger partial charge in [-0.2, -0.15) is 0 Å². The molecular weight excluding hydrogens is 414 g/mol. The molecule has 0 bridgehead atoms. The van der Waals surface area contributed by atoms with Crippen molar-refractivity contribution in [3.63, 3.8) is 0 Å². The Morgan fingerprint density at radius 2 is 1.61 bits per heavy atom. The van der Waals surface area contributed by atoms with E-state index in [9.17, 15) is 14.7 Å². The maximum atomic E-state index is 13.3. The molecule has 1 heterocycles. The van der Waals surface area contributed by atoms with E-state index in [0.29, 0.717) is 23.6 Å². The van der Waals surface area contributed by atoms with Crippen LogP contribution in [0.5, 0.6) is 5.75 Å². The molecule has 0 saturated carbocycles. The predicted molar refractivity (Wildman–Crippen MR) is 129 cm³/mol. The van der Waals surface area contributed by atoms with Crippen LogP contribution in [0.2, 0.25) is 0 Å². The minimum atomic E-state index is -0.737. The first kappa shape index (κ1) is 22.3. The number of aryl methyl sites for hydroxylation is 3. The highest BCUT2D eigenvalue weighted by atomic mass is 16.5. The molecule has 5 heteroatoms. The summed E-state index contributed by atoms with van der Waals surface area (Å²) in [5.74, 6) is -0.838. The van der Waals surface area contributed by atoms with Crippen LogP contribution in [0.15, 0.2) is 72.3 Å². The van der Waals surface area contributed by atoms with Gasteiger partial charge in [0.25, 0.3) is 11.7 Å². The highest BCUT2D eigenvalue weighted by Gasteiger charge is 2.47. The fraction of sp³-hybridized carbons (Fsp3) is 0.214. The Morgan fingerprint density at radius 3 is 2.21 bits per heavy atom. The quantitative estimate of drug-likeness (QED) is 0.316. The van der Waals surface area contributed by atoms with Crippen LogP contribution in [0.3, 0.4) is 0 Å². The van der Waals surface area contributed by atoms with Crippen LogP contribution in [0.4, 0.5) is 5.69 Å². The van der Waals surface area contributed by atoms with Crippen molar-refractivity contribution in [2.45, 2.75) is 33.7 Å². The number of ketones is 1. The van der Waals surface area contributed by atoms with Crippen molar-refractivity contribution in [3.8, 4) is 5.75 Å². The van der Waals surface area contributed by atoms with Gasteiger partial charge in [-0.05, 0) is 80.3 Å². The largest absolute Gasteiger partial charge is 0.507 e. The highest BCUT2D eigenvalue weighted by molar-refractivity contribution is 6.51. The summed E-state index contributed by atoms with van der Waals surface area (Å²) in [5, 5.41) is 11.3. The second-order valence-electron chi connectivity index (χ2n) is 8.34. The number of rotatable bonds is 5. The van der Waals surface area contributed by atoms with Crippen LogP contribution >= 0.6 is 0 Å². The molecule has 1 saturated heterocycles. The first-order valence-electron chi connectivity index (χ1n) is 11.0. The molecule has 0 aliphatic carbocycles. The van der Waals surface area contributed by atoms with Crippen molar-refractivity contribution in [2.75, 3.05) is 11.5 Å². The molecule has 1 unspecified atom stereocenters. The maximum absolute atomic E-state index is 13.3. The van der Waals surface area contributed by atoms with E-state index < -0.39 is 17.7 Å². The second-order valence-corrected chi connectivity index (χ2v) is 8.34. The van der Waals surface area contributed by atoms with Crippen LogP contribution in [0.1, 0.15) is 40.8 Å². The summed E-state index contributed by atoms with van der Waals surface area (Å²) in [5.41, 5.74) is 4.73. The molecule has 1 N–H and O–H groups in total. The summed E-state index contributed by atoms with van der Waals surface area (Å²) in [4.78, 5) is 28.0. The van der Waals surface area contributed by atoms with Crippen LogP contribution in [-0.4, -0.2) is 23.4 Å². The number of aliphatic hydroxyl groups excluding tert-OH is 1. The van der Waals surface area contributed by atoms with Crippen molar-refractivity contribution in [1.82, 2.24) is 0 Å². The molecule has 168 valence electrons. The SMILES string of the molecule is CCOc1ccc(/C(O)=C2/C(=O)C(=O)N(c3cc(C)cc(C)c3)C2c2ccccc2)cc1C. The molecule has 0 spiro atoms. The molecule has 5 nitrogen and oxygen atoms in total. The van der Waals surface area contributed by atoms with Crippen molar-refractivity contribution < 1.29 is 19.4 Å². The summed E-state index contributed by atoms with van der Waals surface area (Å²) < 4.78 is 5.60. The van der Waals surface area contributed by atoms with Crippen LogP contribution in [0, 0.1) is 20.8 Å². The Kier molecular flexibility index (Phi) is 6.05.